The molecule has 2 amide bonds. The van der Waals surface area contributed by atoms with Crippen LogP contribution < -0.4 is 16.6 Å². The average Bonchev–Trinajstić information content (AvgIpc) is 2.67. The van der Waals surface area contributed by atoms with Crippen LogP contribution in [0.5, 0.6) is 0 Å². The smallest absolute Gasteiger partial charge is 0.262 e. The molecule has 3 rings (SSSR count). The van der Waals surface area contributed by atoms with Gasteiger partial charge in [-0.25, -0.2) is 4.98 Å². The second kappa shape index (κ2) is 5.92. The zero-order valence-corrected chi connectivity index (χ0v) is 12.8. The zero-order valence-electron chi connectivity index (χ0n) is 12.8. The van der Waals surface area contributed by atoms with Crippen LogP contribution in [-0.4, -0.2) is 21.4 Å². The molecule has 0 spiro atoms. The van der Waals surface area contributed by atoms with Gasteiger partial charge in [-0.15, -0.1) is 0 Å². The van der Waals surface area contributed by atoms with Gasteiger partial charge in [0.15, 0.2) is 0 Å². The van der Waals surface area contributed by atoms with E-state index in [4.69, 9.17) is 5.73 Å². The normalized spacial score (nSPS) is 18.8. The Morgan fingerprint density at radius 2 is 2.13 bits per heavy atom. The first-order valence-electron chi connectivity index (χ1n) is 7.57. The van der Waals surface area contributed by atoms with Crippen molar-refractivity contribution in [3.8, 4) is 0 Å². The molecule has 1 fully saturated rings. The lowest BCUT2D eigenvalue weighted by Gasteiger charge is -2.19. The summed E-state index contributed by atoms with van der Waals surface area (Å²) in [5, 5.41) is 2.77. The minimum Gasteiger partial charge on any atom is -0.326 e. The Morgan fingerprint density at radius 1 is 1.35 bits per heavy atom. The minimum atomic E-state index is -0.708. The van der Waals surface area contributed by atoms with Gasteiger partial charge in [-0.3, -0.25) is 24.3 Å². The number of aromatic nitrogens is 2. The molecular weight excluding hydrogens is 296 g/mol. The first kappa shape index (κ1) is 15.4. The van der Waals surface area contributed by atoms with Crippen LogP contribution in [0.15, 0.2) is 23.0 Å². The molecule has 23 heavy (non-hydrogen) atoms. The summed E-state index contributed by atoms with van der Waals surface area (Å²) in [4.78, 5) is 41.0. The van der Waals surface area contributed by atoms with Gasteiger partial charge in [0.2, 0.25) is 11.8 Å². The molecule has 1 saturated heterocycles. The number of carbonyl (C=O) groups is 2. The van der Waals surface area contributed by atoms with E-state index in [0.717, 1.165) is 5.56 Å². The van der Waals surface area contributed by atoms with Crippen molar-refractivity contribution in [1.29, 1.82) is 0 Å². The number of benzene rings is 1. The molecule has 1 aliphatic rings. The third kappa shape index (κ3) is 2.75. The summed E-state index contributed by atoms with van der Waals surface area (Å²) in [5.74, 6) is -0.298. The number of fused-ring (bicyclic) bond motifs is 1. The van der Waals surface area contributed by atoms with Crippen LogP contribution in [-0.2, 0) is 16.1 Å². The first-order valence-corrected chi connectivity index (χ1v) is 7.57. The largest absolute Gasteiger partial charge is 0.326 e. The van der Waals surface area contributed by atoms with Crippen LogP contribution in [0.4, 0.5) is 0 Å². The predicted molar refractivity (Wildman–Crippen MR) is 84.7 cm³/mol. The van der Waals surface area contributed by atoms with E-state index in [1.54, 1.807) is 25.1 Å². The van der Waals surface area contributed by atoms with Crippen molar-refractivity contribution in [2.45, 2.75) is 38.8 Å². The zero-order chi connectivity index (χ0) is 16.6. The van der Waals surface area contributed by atoms with Crippen LogP contribution in [0, 0.1) is 6.92 Å². The fourth-order valence-corrected chi connectivity index (χ4v) is 2.97. The molecule has 1 atom stereocenters. The van der Waals surface area contributed by atoms with E-state index in [9.17, 15) is 14.4 Å². The third-order valence-electron chi connectivity index (χ3n) is 4.14. The van der Waals surface area contributed by atoms with Gasteiger partial charge in [0, 0.05) is 13.0 Å². The van der Waals surface area contributed by atoms with E-state index in [0.29, 0.717) is 36.1 Å². The number of imide groups is 1. The summed E-state index contributed by atoms with van der Waals surface area (Å²) in [7, 11) is 0. The van der Waals surface area contributed by atoms with Crippen molar-refractivity contribution >= 4 is 22.7 Å². The molecule has 1 aromatic carbocycles. The quantitative estimate of drug-likeness (QED) is 0.786. The average molecular weight is 314 g/mol. The molecule has 3 N–H and O–H groups in total. The molecule has 1 aromatic heterocycles. The molecular formula is C16H18N4O3. The summed E-state index contributed by atoms with van der Waals surface area (Å²) in [6, 6.07) is 4.54. The van der Waals surface area contributed by atoms with Crippen LogP contribution in [0.25, 0.3) is 10.9 Å². The van der Waals surface area contributed by atoms with Crippen LogP contribution >= 0.6 is 0 Å². The minimum absolute atomic E-state index is 0.273. The van der Waals surface area contributed by atoms with Crippen molar-refractivity contribution in [2.24, 2.45) is 5.73 Å². The van der Waals surface area contributed by atoms with Crippen molar-refractivity contribution in [1.82, 2.24) is 14.9 Å². The fourth-order valence-electron chi connectivity index (χ4n) is 2.97. The number of nitrogens with two attached hydrogens (primary N) is 1. The number of hydrogen-bond donors (Lipinski definition) is 2. The van der Waals surface area contributed by atoms with Gasteiger partial charge in [-0.1, -0.05) is 6.07 Å². The van der Waals surface area contributed by atoms with Crippen LogP contribution in [0.3, 0.4) is 0 Å². The number of amides is 2. The maximum atomic E-state index is 12.8. The van der Waals surface area contributed by atoms with Gasteiger partial charge in [0.1, 0.15) is 11.9 Å². The predicted octanol–water partition coefficient (Wildman–Crippen LogP) is 0.531. The topological polar surface area (TPSA) is 107 Å². The Balaban J connectivity index is 2.16. The summed E-state index contributed by atoms with van der Waals surface area (Å²) < 4.78 is 1.39. The lowest BCUT2D eigenvalue weighted by Crippen LogP contribution is -2.39. The molecule has 0 aliphatic carbocycles. The lowest BCUT2D eigenvalue weighted by atomic mass is 10.1. The Kier molecular flexibility index (Phi) is 3.96. The van der Waals surface area contributed by atoms with E-state index in [-0.39, 0.29) is 17.9 Å². The van der Waals surface area contributed by atoms with Crippen LogP contribution in [0.1, 0.15) is 36.7 Å². The molecule has 2 heterocycles. The standard InChI is InChI=1S/C16H18N4O3/c1-9-18-12-7-10(8-17)5-6-11(12)16(23)20(9)13-3-2-4-14(21)19-15(13)22/h5-7,13H,2-4,8,17H2,1H3,(H,19,21,22). The second-order valence-electron chi connectivity index (χ2n) is 5.71. The molecule has 1 unspecified atom stereocenters. The molecule has 7 nitrogen and oxygen atoms in total. The fraction of sp³-hybridized carbons (Fsp3) is 0.375. The van der Waals surface area contributed by atoms with E-state index in [1.807, 2.05) is 0 Å². The summed E-state index contributed by atoms with van der Waals surface area (Å²) in [5.41, 5.74) is 6.80. The van der Waals surface area contributed by atoms with Gasteiger partial charge < -0.3 is 5.73 Å². The van der Waals surface area contributed by atoms with Crippen molar-refractivity contribution in [3.63, 3.8) is 0 Å². The highest BCUT2D eigenvalue weighted by molar-refractivity contribution is 5.98. The Labute approximate surface area is 132 Å². The number of rotatable bonds is 2. The van der Waals surface area contributed by atoms with Gasteiger partial charge in [-0.05, 0) is 37.5 Å². The van der Waals surface area contributed by atoms with Crippen molar-refractivity contribution < 1.29 is 9.59 Å². The number of hydrogen-bond acceptors (Lipinski definition) is 5. The van der Waals surface area contributed by atoms with Crippen molar-refractivity contribution in [3.05, 3.63) is 39.9 Å². The molecule has 0 bridgehead atoms. The number of nitrogens with one attached hydrogen (secondary N) is 1. The Hall–Kier alpha value is -2.54. The van der Waals surface area contributed by atoms with Crippen molar-refractivity contribution in [2.75, 3.05) is 0 Å². The Morgan fingerprint density at radius 3 is 2.87 bits per heavy atom. The molecule has 7 heteroatoms. The van der Waals surface area contributed by atoms with Gasteiger partial charge >= 0.3 is 0 Å². The van der Waals surface area contributed by atoms with E-state index in [1.165, 1.54) is 4.57 Å². The second-order valence-corrected chi connectivity index (χ2v) is 5.71. The monoisotopic (exact) mass is 314 g/mol. The number of aryl methyl sites for hydroxylation is 1. The molecule has 0 radical (unpaired) electrons. The molecule has 1 aliphatic heterocycles. The summed E-state index contributed by atoms with van der Waals surface area (Å²) >= 11 is 0. The maximum Gasteiger partial charge on any atom is 0.262 e. The number of nitrogens with zero attached hydrogens (tertiary/aromatic N) is 2. The third-order valence-corrected chi connectivity index (χ3v) is 4.14. The van der Waals surface area contributed by atoms with Gasteiger partial charge in [-0.2, -0.15) is 0 Å². The first-order chi connectivity index (χ1) is 11.0. The highest BCUT2D eigenvalue weighted by atomic mass is 16.2. The SMILES string of the molecule is Cc1nc2cc(CN)ccc2c(=O)n1C1CCCC(=O)NC1=O. The van der Waals surface area contributed by atoms with E-state index < -0.39 is 11.9 Å². The van der Waals surface area contributed by atoms with E-state index >= 15 is 0 Å². The molecule has 0 saturated carbocycles. The summed E-state index contributed by atoms with van der Waals surface area (Å²) in [6.07, 6.45) is 1.28. The number of carbonyl (C=O) groups excluding carboxylic acids is 2. The van der Waals surface area contributed by atoms with Crippen LogP contribution in [0.2, 0.25) is 0 Å². The molecule has 120 valence electrons. The van der Waals surface area contributed by atoms with E-state index in [2.05, 4.69) is 10.3 Å². The van der Waals surface area contributed by atoms with Gasteiger partial charge in [0.05, 0.1) is 10.9 Å². The maximum absolute atomic E-state index is 12.8. The van der Waals surface area contributed by atoms with Gasteiger partial charge in [0.25, 0.3) is 5.56 Å². The summed E-state index contributed by atoms with van der Waals surface area (Å²) in [6.45, 7) is 2.06. The Bertz CT molecular complexity index is 856. The highest BCUT2D eigenvalue weighted by Crippen LogP contribution is 2.20. The lowest BCUT2D eigenvalue weighted by molar-refractivity contribution is -0.131. The molecule has 2 aromatic rings. The highest BCUT2D eigenvalue weighted by Gasteiger charge is 2.28.